The predicted octanol–water partition coefficient (Wildman–Crippen LogP) is 2.09. The molecule has 1 aliphatic rings. The molecule has 1 aliphatic heterocycles. The number of nitrogens with one attached hydrogen (secondary N) is 1. The molecule has 0 aromatic carbocycles. The summed E-state index contributed by atoms with van der Waals surface area (Å²) in [6.45, 7) is 3.23. The number of ether oxygens (including phenoxy) is 1. The van der Waals surface area contributed by atoms with Crippen LogP contribution in [0.5, 0.6) is 0 Å². The number of pyridine rings is 1. The van der Waals surface area contributed by atoms with Crippen molar-refractivity contribution in [3.05, 3.63) is 29.0 Å². The van der Waals surface area contributed by atoms with Crippen LogP contribution in [0.2, 0.25) is 5.15 Å². The van der Waals surface area contributed by atoms with Crippen LogP contribution in [-0.4, -0.2) is 47.6 Å². The fourth-order valence-corrected chi connectivity index (χ4v) is 2.42. The lowest BCUT2D eigenvalue weighted by atomic mass is 10.0. The number of piperidine rings is 1. The lowest BCUT2D eigenvalue weighted by Gasteiger charge is -2.32. The van der Waals surface area contributed by atoms with E-state index in [-0.39, 0.29) is 11.9 Å². The standard InChI is InChI=1S/C14H18ClN3O3/c1-2-21-14(20)17-11-4-3-7-18(9-11)13(19)10-5-6-12(15)16-8-10/h5-6,8,11H,2-4,7,9H2,1H3,(H,17,20). The molecular weight excluding hydrogens is 294 g/mol. The minimum atomic E-state index is -0.440. The van der Waals surface area contributed by atoms with E-state index in [0.717, 1.165) is 12.8 Å². The second kappa shape index (κ2) is 7.26. The zero-order valence-corrected chi connectivity index (χ0v) is 12.6. The van der Waals surface area contributed by atoms with Gasteiger partial charge in [-0.3, -0.25) is 4.79 Å². The average Bonchev–Trinajstić information content (AvgIpc) is 2.48. The smallest absolute Gasteiger partial charge is 0.407 e. The monoisotopic (exact) mass is 311 g/mol. The number of nitrogens with zero attached hydrogens (tertiary/aromatic N) is 2. The van der Waals surface area contributed by atoms with Crippen LogP contribution < -0.4 is 5.32 Å². The molecule has 0 aliphatic carbocycles. The second-order valence-corrected chi connectivity index (χ2v) is 5.21. The summed E-state index contributed by atoms with van der Waals surface area (Å²) < 4.78 is 4.86. The Kier molecular flexibility index (Phi) is 5.38. The Morgan fingerprint density at radius 2 is 2.33 bits per heavy atom. The molecule has 1 aromatic rings. The van der Waals surface area contributed by atoms with Crippen molar-refractivity contribution in [1.29, 1.82) is 0 Å². The summed E-state index contributed by atoms with van der Waals surface area (Å²) in [5.41, 5.74) is 0.496. The van der Waals surface area contributed by atoms with Crippen LogP contribution in [0.3, 0.4) is 0 Å². The molecule has 0 spiro atoms. The second-order valence-electron chi connectivity index (χ2n) is 4.82. The average molecular weight is 312 g/mol. The Balaban J connectivity index is 1.95. The lowest BCUT2D eigenvalue weighted by Crippen LogP contribution is -2.49. The molecule has 1 fully saturated rings. The number of aromatic nitrogens is 1. The van der Waals surface area contributed by atoms with Gasteiger partial charge in [0.05, 0.1) is 12.2 Å². The van der Waals surface area contributed by atoms with Gasteiger partial charge in [-0.1, -0.05) is 11.6 Å². The molecular formula is C14H18ClN3O3. The van der Waals surface area contributed by atoms with E-state index in [0.29, 0.717) is 30.4 Å². The third-order valence-electron chi connectivity index (χ3n) is 3.28. The molecule has 7 heteroatoms. The molecule has 0 bridgehead atoms. The lowest BCUT2D eigenvalue weighted by molar-refractivity contribution is 0.0685. The van der Waals surface area contributed by atoms with Crippen LogP contribution in [-0.2, 0) is 4.74 Å². The number of carbonyl (C=O) groups is 2. The van der Waals surface area contributed by atoms with E-state index in [2.05, 4.69) is 10.3 Å². The summed E-state index contributed by atoms with van der Waals surface area (Å²) in [5.74, 6) is -0.102. The number of halogens is 1. The molecule has 6 nitrogen and oxygen atoms in total. The molecule has 0 radical (unpaired) electrons. The maximum atomic E-state index is 12.4. The highest BCUT2D eigenvalue weighted by Crippen LogP contribution is 2.14. The van der Waals surface area contributed by atoms with Crippen molar-refractivity contribution in [2.45, 2.75) is 25.8 Å². The number of amides is 2. The van der Waals surface area contributed by atoms with E-state index in [1.54, 1.807) is 24.0 Å². The first-order valence-corrected chi connectivity index (χ1v) is 7.32. The van der Waals surface area contributed by atoms with Gasteiger partial charge in [-0.05, 0) is 31.9 Å². The van der Waals surface area contributed by atoms with Crippen LogP contribution >= 0.6 is 11.6 Å². The number of likely N-dealkylation sites (tertiary alicyclic amines) is 1. The predicted molar refractivity (Wildman–Crippen MR) is 78.3 cm³/mol. The number of alkyl carbamates (subject to hydrolysis) is 1. The van der Waals surface area contributed by atoms with Crippen molar-refractivity contribution in [2.24, 2.45) is 0 Å². The Morgan fingerprint density at radius 3 is 3.00 bits per heavy atom. The van der Waals surface area contributed by atoms with E-state index in [4.69, 9.17) is 16.3 Å². The van der Waals surface area contributed by atoms with Crippen LogP contribution in [0.4, 0.5) is 4.79 Å². The van der Waals surface area contributed by atoms with Gasteiger partial charge in [-0.2, -0.15) is 0 Å². The van der Waals surface area contributed by atoms with Crippen LogP contribution in [0, 0.1) is 0 Å². The molecule has 0 saturated carbocycles. The highest BCUT2D eigenvalue weighted by atomic mass is 35.5. The molecule has 114 valence electrons. The Bertz CT molecular complexity index is 507. The van der Waals surface area contributed by atoms with Crippen molar-refractivity contribution >= 4 is 23.6 Å². The first-order valence-electron chi connectivity index (χ1n) is 6.94. The molecule has 1 aromatic heterocycles. The van der Waals surface area contributed by atoms with Crippen molar-refractivity contribution in [2.75, 3.05) is 19.7 Å². The number of carbonyl (C=O) groups excluding carboxylic acids is 2. The van der Waals surface area contributed by atoms with Gasteiger partial charge in [0.15, 0.2) is 0 Å². The Labute approximate surface area is 128 Å². The molecule has 2 rings (SSSR count). The van der Waals surface area contributed by atoms with E-state index in [1.165, 1.54) is 6.20 Å². The highest BCUT2D eigenvalue weighted by Gasteiger charge is 2.25. The number of hydrogen-bond acceptors (Lipinski definition) is 4. The van der Waals surface area contributed by atoms with Gasteiger partial charge in [0.2, 0.25) is 0 Å². The van der Waals surface area contributed by atoms with Gasteiger partial charge >= 0.3 is 6.09 Å². The summed E-state index contributed by atoms with van der Waals surface area (Å²) in [7, 11) is 0. The third-order valence-corrected chi connectivity index (χ3v) is 3.50. The van der Waals surface area contributed by atoms with E-state index in [9.17, 15) is 9.59 Å². The van der Waals surface area contributed by atoms with Gasteiger partial charge in [-0.15, -0.1) is 0 Å². The van der Waals surface area contributed by atoms with Crippen molar-refractivity contribution in [3.63, 3.8) is 0 Å². The van der Waals surface area contributed by atoms with Crippen LogP contribution in [0.15, 0.2) is 18.3 Å². The molecule has 1 atom stereocenters. The minimum Gasteiger partial charge on any atom is -0.450 e. The quantitative estimate of drug-likeness (QED) is 0.868. The van der Waals surface area contributed by atoms with Gasteiger partial charge < -0.3 is 15.0 Å². The molecule has 2 amide bonds. The number of rotatable bonds is 3. The first kappa shape index (κ1) is 15.6. The molecule has 21 heavy (non-hydrogen) atoms. The summed E-state index contributed by atoms with van der Waals surface area (Å²) in [5, 5.41) is 3.13. The van der Waals surface area contributed by atoms with Crippen LogP contribution in [0.1, 0.15) is 30.1 Å². The largest absolute Gasteiger partial charge is 0.450 e. The zero-order valence-electron chi connectivity index (χ0n) is 11.8. The van der Waals surface area contributed by atoms with Gasteiger partial charge in [-0.25, -0.2) is 9.78 Å². The van der Waals surface area contributed by atoms with Crippen molar-refractivity contribution < 1.29 is 14.3 Å². The Morgan fingerprint density at radius 1 is 1.52 bits per heavy atom. The van der Waals surface area contributed by atoms with Crippen LogP contribution in [0.25, 0.3) is 0 Å². The summed E-state index contributed by atoms with van der Waals surface area (Å²) in [6.07, 6.45) is 2.70. The van der Waals surface area contributed by atoms with Crippen molar-refractivity contribution in [1.82, 2.24) is 15.2 Å². The topological polar surface area (TPSA) is 71.5 Å². The van der Waals surface area contributed by atoms with E-state index >= 15 is 0 Å². The van der Waals surface area contributed by atoms with E-state index < -0.39 is 6.09 Å². The van der Waals surface area contributed by atoms with Gasteiger partial charge in [0, 0.05) is 25.3 Å². The fraction of sp³-hybridized carbons (Fsp3) is 0.500. The molecule has 1 unspecified atom stereocenters. The zero-order chi connectivity index (χ0) is 15.2. The summed E-state index contributed by atoms with van der Waals surface area (Å²) >= 11 is 5.71. The summed E-state index contributed by atoms with van der Waals surface area (Å²) in [6, 6.07) is 3.16. The van der Waals surface area contributed by atoms with Gasteiger partial charge in [0.25, 0.3) is 5.91 Å². The number of hydrogen-bond donors (Lipinski definition) is 1. The molecule has 1 saturated heterocycles. The molecule has 1 N–H and O–H groups in total. The maximum absolute atomic E-state index is 12.4. The van der Waals surface area contributed by atoms with Crippen molar-refractivity contribution in [3.8, 4) is 0 Å². The normalized spacial score (nSPS) is 18.2. The SMILES string of the molecule is CCOC(=O)NC1CCCN(C(=O)c2ccc(Cl)nc2)C1. The van der Waals surface area contributed by atoms with E-state index in [1.807, 2.05) is 0 Å². The molecule has 2 heterocycles. The maximum Gasteiger partial charge on any atom is 0.407 e. The fourth-order valence-electron chi connectivity index (χ4n) is 2.30. The third kappa shape index (κ3) is 4.32. The Hall–Kier alpha value is -1.82. The highest BCUT2D eigenvalue weighted by molar-refractivity contribution is 6.29. The summed E-state index contributed by atoms with van der Waals surface area (Å²) in [4.78, 5) is 29.4. The first-order chi connectivity index (χ1) is 10.1. The minimum absolute atomic E-state index is 0.0815. The van der Waals surface area contributed by atoms with Gasteiger partial charge in [0.1, 0.15) is 5.15 Å².